The molecular weight excluding hydrogens is 1370 g/mol. The Labute approximate surface area is 654 Å². The molecule has 0 atom stereocenters. The fourth-order valence-electron chi connectivity index (χ4n) is 17.6. The number of hydrogen-bond acceptors (Lipinski definition) is 2. The molecule has 3 heteroatoms. The molecule has 0 aliphatic carbocycles. The summed E-state index contributed by atoms with van der Waals surface area (Å²) >= 11 is 0. The summed E-state index contributed by atoms with van der Waals surface area (Å²) in [6.45, 7) is 0. The van der Waals surface area contributed by atoms with Crippen LogP contribution in [0.15, 0.2) is 427 Å². The van der Waals surface area contributed by atoms with Gasteiger partial charge in [0.05, 0.1) is 11.0 Å². The van der Waals surface area contributed by atoms with E-state index >= 15 is 0 Å². The van der Waals surface area contributed by atoms with Crippen LogP contribution >= 0.6 is 0 Å². The molecule has 526 valence electrons. The van der Waals surface area contributed by atoms with Gasteiger partial charge in [0, 0.05) is 49.1 Å². The van der Waals surface area contributed by atoms with Gasteiger partial charge in [0.15, 0.2) is 0 Å². The molecule has 3 aromatic heterocycles. The maximum absolute atomic E-state index is 7.24. The molecule has 0 unspecified atom stereocenters. The van der Waals surface area contributed by atoms with Crippen molar-refractivity contribution in [2.24, 2.45) is 0 Å². The highest BCUT2D eigenvalue weighted by atomic mass is 16.3. The van der Waals surface area contributed by atoms with Gasteiger partial charge < -0.3 is 13.4 Å². The van der Waals surface area contributed by atoms with Gasteiger partial charge in [0.25, 0.3) is 0 Å². The van der Waals surface area contributed by atoms with E-state index in [1.807, 2.05) is 0 Å². The van der Waals surface area contributed by atoms with Gasteiger partial charge in [-0.3, -0.25) is 0 Å². The first kappa shape index (κ1) is 65.2. The second-order valence-electron chi connectivity index (χ2n) is 29.8. The van der Waals surface area contributed by atoms with Crippen molar-refractivity contribution < 1.29 is 8.83 Å². The molecule has 3 nitrogen and oxygen atoms in total. The van der Waals surface area contributed by atoms with E-state index in [1.165, 1.54) is 82.7 Å². The Morgan fingerprint density at radius 3 is 0.726 bits per heavy atom. The van der Waals surface area contributed by atoms with E-state index in [0.717, 1.165) is 144 Å². The lowest BCUT2D eigenvalue weighted by molar-refractivity contribution is 0.669. The quantitative estimate of drug-likeness (QED) is 0.108. The average Bonchev–Trinajstić information content (AvgIpc) is 1.07. The SMILES string of the molecule is c1ccc(-c2ccc(-c3ccc4oc5c(-c6ccc7c(c6)c6cc(-c8cc(-c9ccc(-c%10ccccc%10)cc9)cc9c8oc8ccc(-c%10ccc(-c%11ccccc%11)cc%10)cc89)ccc6n7-c6ccc(-c7c8ccccc8c(-c8ccccc8)c8ccccc78)cc6)cc(-c6ccc(-c7ccccc7)cc6)cc5c4c3)cc2)cc1. The molecule has 19 aromatic carbocycles. The lowest BCUT2D eigenvalue weighted by Crippen LogP contribution is -1.95. The van der Waals surface area contributed by atoms with Crippen LogP contribution in [0.4, 0.5) is 0 Å². The highest BCUT2D eigenvalue weighted by Gasteiger charge is 2.24. The third-order valence-corrected chi connectivity index (χ3v) is 23.2. The minimum atomic E-state index is 0.835. The summed E-state index contributed by atoms with van der Waals surface area (Å²) in [5.74, 6) is 0. The van der Waals surface area contributed by atoms with Crippen molar-refractivity contribution in [3.05, 3.63) is 419 Å². The van der Waals surface area contributed by atoms with Crippen molar-refractivity contribution in [1.82, 2.24) is 4.57 Å². The van der Waals surface area contributed by atoms with Crippen LogP contribution in [0.25, 0.3) is 226 Å². The third-order valence-electron chi connectivity index (χ3n) is 23.2. The molecule has 0 saturated carbocycles. The molecular formula is C110H69NO2. The summed E-state index contributed by atoms with van der Waals surface area (Å²) in [5, 5.41) is 11.3. The topological polar surface area (TPSA) is 31.2 Å². The molecule has 113 heavy (non-hydrogen) atoms. The maximum Gasteiger partial charge on any atom is 0.143 e. The molecule has 0 fully saturated rings. The zero-order chi connectivity index (χ0) is 74.5. The summed E-state index contributed by atoms with van der Waals surface area (Å²) in [6, 6.07) is 153. The van der Waals surface area contributed by atoms with Gasteiger partial charge in [0.2, 0.25) is 0 Å². The highest BCUT2D eigenvalue weighted by molar-refractivity contribution is 6.22. The minimum absolute atomic E-state index is 0.835. The number of rotatable bonds is 13. The molecule has 22 rings (SSSR count). The van der Waals surface area contributed by atoms with Crippen LogP contribution in [-0.4, -0.2) is 4.57 Å². The van der Waals surface area contributed by atoms with Crippen molar-refractivity contribution in [2.45, 2.75) is 0 Å². The zero-order valence-corrected chi connectivity index (χ0v) is 61.6. The van der Waals surface area contributed by atoms with Crippen LogP contribution in [0.2, 0.25) is 0 Å². The minimum Gasteiger partial charge on any atom is -0.455 e. The summed E-state index contributed by atoms with van der Waals surface area (Å²) in [4.78, 5) is 0. The average molecular weight is 1440 g/mol. The molecule has 0 spiro atoms. The van der Waals surface area contributed by atoms with Crippen molar-refractivity contribution in [3.63, 3.8) is 0 Å². The Morgan fingerprint density at radius 1 is 0.150 bits per heavy atom. The predicted molar refractivity (Wildman–Crippen MR) is 476 cm³/mol. The molecule has 0 aliphatic rings. The third kappa shape index (κ3) is 11.4. The second kappa shape index (κ2) is 27.0. The highest BCUT2D eigenvalue weighted by Crippen LogP contribution is 2.49. The molecule has 0 aliphatic heterocycles. The molecule has 0 amide bonds. The first-order valence-electron chi connectivity index (χ1n) is 38.8. The lowest BCUT2D eigenvalue weighted by atomic mass is 9.86. The molecule has 22 aromatic rings. The molecule has 0 N–H and O–H groups in total. The van der Waals surface area contributed by atoms with E-state index < -0.39 is 0 Å². The summed E-state index contributed by atoms with van der Waals surface area (Å²) < 4.78 is 16.9. The summed E-state index contributed by atoms with van der Waals surface area (Å²) in [5.41, 5.74) is 34.0. The Kier molecular flexibility index (Phi) is 15.6. The largest absolute Gasteiger partial charge is 0.455 e. The van der Waals surface area contributed by atoms with Crippen LogP contribution in [0, 0.1) is 0 Å². The predicted octanol–water partition coefficient (Wildman–Crippen LogP) is 30.9. The Hall–Kier alpha value is -14.9. The Bertz CT molecular complexity index is 7020. The van der Waals surface area contributed by atoms with Crippen LogP contribution in [0.1, 0.15) is 0 Å². The van der Waals surface area contributed by atoms with Crippen molar-refractivity contribution in [3.8, 4) is 139 Å². The first-order valence-corrected chi connectivity index (χ1v) is 38.8. The Balaban J connectivity index is 0.746. The number of nitrogens with zero attached hydrogens (tertiary/aromatic N) is 1. The van der Waals surface area contributed by atoms with Crippen LogP contribution in [-0.2, 0) is 0 Å². The monoisotopic (exact) mass is 1440 g/mol. The van der Waals surface area contributed by atoms with Gasteiger partial charge in [-0.05, 0) is 229 Å². The van der Waals surface area contributed by atoms with E-state index in [9.17, 15) is 0 Å². The van der Waals surface area contributed by atoms with Crippen molar-refractivity contribution in [2.75, 3.05) is 0 Å². The first-order chi connectivity index (χ1) is 56.0. The van der Waals surface area contributed by atoms with Gasteiger partial charge in [0.1, 0.15) is 22.3 Å². The summed E-state index contributed by atoms with van der Waals surface area (Å²) in [6.07, 6.45) is 0. The number of benzene rings is 19. The number of furan rings is 2. The van der Waals surface area contributed by atoms with Gasteiger partial charge >= 0.3 is 0 Å². The van der Waals surface area contributed by atoms with E-state index in [0.29, 0.717) is 0 Å². The smallest absolute Gasteiger partial charge is 0.143 e. The molecule has 0 saturated heterocycles. The van der Waals surface area contributed by atoms with Crippen LogP contribution in [0.3, 0.4) is 0 Å². The van der Waals surface area contributed by atoms with Gasteiger partial charge in [-0.1, -0.05) is 334 Å². The fourth-order valence-corrected chi connectivity index (χ4v) is 17.6. The fraction of sp³-hybridized carbons (Fsp3) is 0. The number of aromatic nitrogens is 1. The molecule has 3 heterocycles. The normalized spacial score (nSPS) is 11.7. The van der Waals surface area contributed by atoms with Gasteiger partial charge in [-0.25, -0.2) is 0 Å². The maximum atomic E-state index is 7.24. The standard InChI is InChI=1S/C110H69NO2/c1-6-20-70(21-7-1)74-34-42-78(43-35-74)84-54-60-105-99(62-84)101-68-88(80-46-38-76(39-47-80)72-24-10-3-11-25-72)66-95(109(101)112-105)86-52-58-103-97(64-86)98-65-87(53-59-104(98)111(103)90-56-50-83(51-57-90)108-93-32-18-16-30-91(93)107(82-28-14-5-15-29-82)92-31-17-19-33-94(92)108)96-67-89(81-48-40-77(41-49-81)73-26-12-4-13-27-73)69-102-100-63-85(55-61-106(100)113-110(96)102)79-44-36-75(37-45-79)71-22-8-2-9-23-71/h1-69H. The van der Waals surface area contributed by atoms with Gasteiger partial charge in [-0.15, -0.1) is 0 Å². The summed E-state index contributed by atoms with van der Waals surface area (Å²) in [7, 11) is 0. The van der Waals surface area contributed by atoms with E-state index in [4.69, 9.17) is 8.83 Å². The number of fused-ring (bicyclic) bond motifs is 11. The lowest BCUT2D eigenvalue weighted by Gasteiger charge is -2.18. The van der Waals surface area contributed by atoms with Crippen LogP contribution < -0.4 is 0 Å². The van der Waals surface area contributed by atoms with Crippen molar-refractivity contribution in [1.29, 1.82) is 0 Å². The number of hydrogen-bond donors (Lipinski definition) is 0. The van der Waals surface area contributed by atoms with E-state index in [-0.39, 0.29) is 0 Å². The molecule has 0 radical (unpaired) electrons. The van der Waals surface area contributed by atoms with Crippen molar-refractivity contribution >= 4 is 87.2 Å². The van der Waals surface area contributed by atoms with Crippen LogP contribution in [0.5, 0.6) is 0 Å². The zero-order valence-electron chi connectivity index (χ0n) is 61.6. The van der Waals surface area contributed by atoms with Gasteiger partial charge in [-0.2, -0.15) is 0 Å². The molecule has 0 bridgehead atoms. The van der Waals surface area contributed by atoms with E-state index in [2.05, 4.69) is 423 Å². The Morgan fingerprint density at radius 2 is 0.389 bits per heavy atom. The van der Waals surface area contributed by atoms with E-state index in [1.54, 1.807) is 0 Å². The second-order valence-corrected chi connectivity index (χ2v) is 29.8.